The summed E-state index contributed by atoms with van der Waals surface area (Å²) in [4.78, 5) is 52.6. The van der Waals surface area contributed by atoms with Crippen LogP contribution < -0.4 is 0 Å². The Balaban J connectivity index is 1.84. The van der Waals surface area contributed by atoms with E-state index in [1.165, 1.54) is 0 Å². The van der Waals surface area contributed by atoms with Gasteiger partial charge >= 0.3 is 5.97 Å². The monoisotopic (exact) mass is 346 g/mol. The molecule has 20 heavy (non-hydrogen) atoms. The minimum absolute atomic E-state index is 0.0123. The molecule has 3 amide bonds. The fourth-order valence-electron chi connectivity index (χ4n) is 2.27. The highest BCUT2D eigenvalue weighted by atomic mass is 79.9. The molecule has 0 aliphatic carbocycles. The third-order valence-corrected chi connectivity index (χ3v) is 3.96. The molecule has 0 unspecified atom stereocenters. The number of carbonyl (C=O) groups is 4. The van der Waals surface area contributed by atoms with Gasteiger partial charge in [0.25, 0.3) is 11.8 Å². The summed E-state index contributed by atoms with van der Waals surface area (Å²) in [6.07, 6.45) is 1.14. The first-order valence-corrected chi connectivity index (χ1v) is 7.56. The number of imide groups is 1. The number of carbonyl (C=O) groups excluding carboxylic acids is 4. The number of nitrogens with zero attached hydrogens (tertiary/aromatic N) is 2. The van der Waals surface area contributed by atoms with Gasteiger partial charge in [-0.3, -0.25) is 14.4 Å². The third-order valence-electron chi connectivity index (χ3n) is 3.48. The minimum Gasteiger partial charge on any atom is -0.342 e. The molecule has 0 spiro atoms. The van der Waals surface area contributed by atoms with Crippen molar-refractivity contribution < 1.29 is 24.0 Å². The van der Waals surface area contributed by atoms with Crippen LogP contribution in [0.1, 0.15) is 25.7 Å². The summed E-state index contributed by atoms with van der Waals surface area (Å²) in [6.45, 7) is 0.957. The fourth-order valence-corrected chi connectivity index (χ4v) is 2.63. The SMILES string of the molecule is O=C(ON1C(=O)CCC1=O)C1CCN(C(=O)CBr)CC1. The number of amides is 3. The molecular formula is C12H15BrN2O5. The number of hydrogen-bond donors (Lipinski definition) is 0. The van der Waals surface area contributed by atoms with Gasteiger partial charge in [0.2, 0.25) is 5.91 Å². The van der Waals surface area contributed by atoms with Crippen molar-refractivity contribution in [2.24, 2.45) is 5.92 Å². The number of hydrogen-bond acceptors (Lipinski definition) is 5. The van der Waals surface area contributed by atoms with Crippen LogP contribution in [-0.4, -0.2) is 52.1 Å². The van der Waals surface area contributed by atoms with Crippen molar-refractivity contribution in [3.8, 4) is 0 Å². The number of halogens is 1. The average molecular weight is 347 g/mol. The lowest BCUT2D eigenvalue weighted by atomic mass is 9.97. The minimum atomic E-state index is -0.570. The molecule has 0 aromatic carbocycles. The van der Waals surface area contributed by atoms with E-state index >= 15 is 0 Å². The van der Waals surface area contributed by atoms with Crippen LogP contribution in [-0.2, 0) is 24.0 Å². The Labute approximate surface area is 124 Å². The summed E-state index contributed by atoms with van der Waals surface area (Å²) in [5.74, 6) is -1.91. The maximum absolute atomic E-state index is 11.9. The predicted octanol–water partition coefficient (Wildman–Crippen LogP) is 0.227. The lowest BCUT2D eigenvalue weighted by Crippen LogP contribution is -2.42. The third kappa shape index (κ3) is 3.17. The summed E-state index contributed by atoms with van der Waals surface area (Å²) in [5.41, 5.74) is 0. The van der Waals surface area contributed by atoms with Gasteiger partial charge in [0, 0.05) is 25.9 Å². The van der Waals surface area contributed by atoms with Crippen molar-refractivity contribution in [3.05, 3.63) is 0 Å². The lowest BCUT2D eigenvalue weighted by molar-refractivity contribution is -0.201. The molecule has 7 nitrogen and oxygen atoms in total. The van der Waals surface area contributed by atoms with Gasteiger partial charge in [0.1, 0.15) is 0 Å². The zero-order chi connectivity index (χ0) is 14.7. The topological polar surface area (TPSA) is 84.0 Å². The molecule has 0 aromatic heterocycles. The highest BCUT2D eigenvalue weighted by Gasteiger charge is 2.36. The largest absolute Gasteiger partial charge is 0.342 e. The Morgan fingerprint density at radius 3 is 2.20 bits per heavy atom. The van der Waals surface area contributed by atoms with E-state index in [0.29, 0.717) is 31.0 Å². The van der Waals surface area contributed by atoms with Gasteiger partial charge in [-0.2, -0.15) is 0 Å². The van der Waals surface area contributed by atoms with Crippen molar-refractivity contribution in [3.63, 3.8) is 0 Å². The second-order valence-electron chi connectivity index (χ2n) is 4.78. The smallest absolute Gasteiger partial charge is 0.336 e. The van der Waals surface area contributed by atoms with E-state index in [9.17, 15) is 19.2 Å². The van der Waals surface area contributed by atoms with Crippen LogP contribution in [0.25, 0.3) is 0 Å². The van der Waals surface area contributed by atoms with Crippen molar-refractivity contribution in [2.45, 2.75) is 25.7 Å². The standard InChI is InChI=1S/C12H15BrN2O5/c13-7-11(18)14-5-3-8(4-6-14)12(19)20-15-9(16)1-2-10(15)17/h8H,1-7H2. The van der Waals surface area contributed by atoms with Crippen LogP contribution in [0.5, 0.6) is 0 Å². The van der Waals surface area contributed by atoms with E-state index in [4.69, 9.17) is 4.84 Å². The Hall–Kier alpha value is -1.44. The molecule has 110 valence electrons. The number of rotatable bonds is 3. The molecule has 2 rings (SSSR count). The van der Waals surface area contributed by atoms with Crippen molar-refractivity contribution in [1.29, 1.82) is 0 Å². The molecule has 2 aliphatic rings. The molecule has 0 N–H and O–H groups in total. The van der Waals surface area contributed by atoms with Gasteiger partial charge in [-0.05, 0) is 12.8 Å². The van der Waals surface area contributed by atoms with E-state index in [0.717, 1.165) is 0 Å². The molecular weight excluding hydrogens is 332 g/mol. The van der Waals surface area contributed by atoms with Crippen LogP contribution in [0, 0.1) is 5.92 Å². The highest BCUT2D eigenvalue weighted by molar-refractivity contribution is 9.09. The van der Waals surface area contributed by atoms with E-state index in [1.807, 2.05) is 0 Å². The average Bonchev–Trinajstić information content (AvgIpc) is 2.78. The van der Waals surface area contributed by atoms with Crippen LogP contribution in [0.4, 0.5) is 0 Å². The Morgan fingerprint density at radius 1 is 1.15 bits per heavy atom. The molecule has 8 heteroatoms. The number of likely N-dealkylation sites (tertiary alicyclic amines) is 1. The number of alkyl halides is 1. The second kappa shape index (κ2) is 6.34. The first kappa shape index (κ1) is 15.0. The summed E-state index contributed by atoms with van der Waals surface area (Å²) < 4.78 is 0. The molecule has 2 saturated heterocycles. The first-order chi connectivity index (χ1) is 9.52. The normalized spacial score (nSPS) is 20.4. The van der Waals surface area contributed by atoms with Gasteiger partial charge < -0.3 is 9.74 Å². The summed E-state index contributed by atoms with van der Waals surface area (Å²) in [6, 6.07) is 0. The maximum atomic E-state index is 11.9. The Kier molecular flexibility index (Phi) is 4.74. The fraction of sp³-hybridized carbons (Fsp3) is 0.667. The van der Waals surface area contributed by atoms with Crippen molar-refractivity contribution >= 4 is 39.6 Å². The van der Waals surface area contributed by atoms with E-state index in [1.54, 1.807) is 4.90 Å². The van der Waals surface area contributed by atoms with Gasteiger partial charge in [0.05, 0.1) is 11.2 Å². The zero-order valence-corrected chi connectivity index (χ0v) is 12.4. The number of piperidine rings is 1. The van der Waals surface area contributed by atoms with Crippen LogP contribution >= 0.6 is 15.9 Å². The molecule has 2 fully saturated rings. The van der Waals surface area contributed by atoms with Crippen LogP contribution in [0.15, 0.2) is 0 Å². The molecule has 0 bridgehead atoms. The summed E-state index contributed by atoms with van der Waals surface area (Å²) >= 11 is 3.10. The van der Waals surface area contributed by atoms with Crippen LogP contribution in [0.2, 0.25) is 0 Å². The molecule has 2 aliphatic heterocycles. The van der Waals surface area contributed by atoms with Gasteiger partial charge in [-0.25, -0.2) is 4.79 Å². The van der Waals surface area contributed by atoms with Gasteiger partial charge in [0.15, 0.2) is 0 Å². The summed E-state index contributed by atoms with van der Waals surface area (Å²) in [7, 11) is 0. The Morgan fingerprint density at radius 2 is 1.70 bits per heavy atom. The highest BCUT2D eigenvalue weighted by Crippen LogP contribution is 2.21. The van der Waals surface area contributed by atoms with Gasteiger partial charge in [-0.15, -0.1) is 5.06 Å². The van der Waals surface area contributed by atoms with Crippen molar-refractivity contribution in [1.82, 2.24) is 9.96 Å². The molecule has 0 atom stereocenters. The lowest BCUT2D eigenvalue weighted by Gasteiger charge is -2.30. The second-order valence-corrected chi connectivity index (χ2v) is 5.34. The van der Waals surface area contributed by atoms with E-state index in [-0.39, 0.29) is 30.0 Å². The first-order valence-electron chi connectivity index (χ1n) is 6.44. The quantitative estimate of drug-likeness (QED) is 0.539. The van der Waals surface area contributed by atoms with Crippen molar-refractivity contribution in [2.75, 3.05) is 18.4 Å². The van der Waals surface area contributed by atoms with Gasteiger partial charge in [-0.1, -0.05) is 15.9 Å². The maximum Gasteiger partial charge on any atom is 0.336 e. The molecule has 2 heterocycles. The zero-order valence-electron chi connectivity index (χ0n) is 10.8. The molecule has 0 radical (unpaired) electrons. The van der Waals surface area contributed by atoms with E-state index < -0.39 is 17.8 Å². The summed E-state index contributed by atoms with van der Waals surface area (Å²) in [5, 5.41) is 0.831. The predicted molar refractivity (Wildman–Crippen MR) is 70.3 cm³/mol. The Bertz CT molecular complexity index is 429. The molecule has 0 saturated carbocycles. The van der Waals surface area contributed by atoms with Crippen LogP contribution in [0.3, 0.4) is 0 Å². The molecule has 0 aromatic rings. The van der Waals surface area contributed by atoms with E-state index in [2.05, 4.69) is 15.9 Å². The number of hydroxylamine groups is 2.